The standard InChI is InChI=1S/C20H20FN3OS/c1-12(2)18(19(25)24-17-11-7-5-9-15(17)21)26-20-14-8-4-6-10-16(14)22-13(3)23-20/h4-12,18H,1-3H3,(H,24,25). The summed E-state index contributed by atoms with van der Waals surface area (Å²) in [4.78, 5) is 21.8. The van der Waals surface area contributed by atoms with Crippen LogP contribution in [0, 0.1) is 18.7 Å². The van der Waals surface area contributed by atoms with Gasteiger partial charge in [0.2, 0.25) is 5.91 Å². The quantitative estimate of drug-likeness (QED) is 0.517. The molecule has 4 nitrogen and oxygen atoms in total. The molecule has 0 radical (unpaired) electrons. The van der Waals surface area contributed by atoms with Crippen LogP contribution in [0.5, 0.6) is 0 Å². The monoisotopic (exact) mass is 369 g/mol. The third-order valence-corrected chi connectivity index (χ3v) is 5.46. The van der Waals surface area contributed by atoms with Crippen LogP contribution in [0.4, 0.5) is 10.1 Å². The van der Waals surface area contributed by atoms with E-state index in [1.807, 2.05) is 45.0 Å². The molecule has 1 N–H and O–H groups in total. The highest BCUT2D eigenvalue weighted by molar-refractivity contribution is 8.00. The van der Waals surface area contributed by atoms with Gasteiger partial charge in [0.15, 0.2) is 0 Å². The van der Waals surface area contributed by atoms with Crippen LogP contribution in [-0.4, -0.2) is 21.1 Å². The third kappa shape index (κ3) is 4.02. The fourth-order valence-corrected chi connectivity index (χ4v) is 3.79. The van der Waals surface area contributed by atoms with E-state index in [1.165, 1.54) is 17.8 Å². The molecule has 0 fully saturated rings. The maximum Gasteiger partial charge on any atom is 0.238 e. The molecule has 6 heteroatoms. The van der Waals surface area contributed by atoms with Crippen molar-refractivity contribution in [2.45, 2.75) is 31.0 Å². The van der Waals surface area contributed by atoms with Crippen molar-refractivity contribution in [3.05, 3.63) is 60.2 Å². The van der Waals surface area contributed by atoms with E-state index in [1.54, 1.807) is 18.2 Å². The molecule has 3 rings (SSSR count). The predicted molar refractivity (Wildman–Crippen MR) is 104 cm³/mol. The molecule has 1 atom stereocenters. The number of halogens is 1. The first-order valence-electron chi connectivity index (χ1n) is 8.41. The Morgan fingerprint density at radius 1 is 1.08 bits per heavy atom. The number of aryl methyl sites for hydroxylation is 1. The van der Waals surface area contributed by atoms with E-state index in [2.05, 4.69) is 15.3 Å². The van der Waals surface area contributed by atoms with Crippen LogP contribution in [0.3, 0.4) is 0 Å². The summed E-state index contributed by atoms with van der Waals surface area (Å²) in [5, 5.41) is 3.96. The van der Waals surface area contributed by atoms with Crippen LogP contribution in [0.2, 0.25) is 0 Å². The zero-order valence-corrected chi connectivity index (χ0v) is 15.7. The number of aromatic nitrogens is 2. The van der Waals surface area contributed by atoms with Crippen molar-refractivity contribution in [1.82, 2.24) is 9.97 Å². The van der Waals surface area contributed by atoms with Gasteiger partial charge >= 0.3 is 0 Å². The molecule has 134 valence electrons. The lowest BCUT2D eigenvalue weighted by atomic mass is 10.1. The maximum absolute atomic E-state index is 13.9. The van der Waals surface area contributed by atoms with E-state index < -0.39 is 11.1 Å². The van der Waals surface area contributed by atoms with Gasteiger partial charge in [0.1, 0.15) is 16.7 Å². The van der Waals surface area contributed by atoms with E-state index in [0.29, 0.717) is 5.82 Å². The number of anilines is 1. The average Bonchev–Trinajstić information content (AvgIpc) is 2.61. The van der Waals surface area contributed by atoms with Gasteiger partial charge in [-0.25, -0.2) is 14.4 Å². The van der Waals surface area contributed by atoms with Gasteiger partial charge in [0, 0.05) is 5.39 Å². The summed E-state index contributed by atoms with van der Waals surface area (Å²) < 4.78 is 13.9. The Labute approximate surface area is 156 Å². The lowest BCUT2D eigenvalue weighted by molar-refractivity contribution is -0.116. The third-order valence-electron chi connectivity index (χ3n) is 3.91. The second-order valence-electron chi connectivity index (χ2n) is 6.34. The molecule has 0 bridgehead atoms. The minimum Gasteiger partial charge on any atom is -0.323 e. The second-order valence-corrected chi connectivity index (χ2v) is 7.47. The lowest BCUT2D eigenvalue weighted by Gasteiger charge is -2.20. The molecule has 0 aliphatic carbocycles. The topological polar surface area (TPSA) is 54.9 Å². The Kier molecular flexibility index (Phi) is 5.52. The van der Waals surface area contributed by atoms with Crippen molar-refractivity contribution in [2.75, 3.05) is 5.32 Å². The molecule has 1 heterocycles. The largest absolute Gasteiger partial charge is 0.323 e. The van der Waals surface area contributed by atoms with E-state index in [9.17, 15) is 9.18 Å². The number of carbonyl (C=O) groups is 1. The van der Waals surface area contributed by atoms with Crippen molar-refractivity contribution in [1.29, 1.82) is 0 Å². The van der Waals surface area contributed by atoms with Crippen LogP contribution in [0.15, 0.2) is 53.6 Å². The van der Waals surface area contributed by atoms with E-state index in [0.717, 1.165) is 15.9 Å². The van der Waals surface area contributed by atoms with E-state index in [-0.39, 0.29) is 17.5 Å². The van der Waals surface area contributed by atoms with Gasteiger partial charge in [-0.05, 0) is 31.0 Å². The first kappa shape index (κ1) is 18.3. The Hall–Kier alpha value is -2.47. The molecule has 0 spiro atoms. The minimum atomic E-state index is -0.448. The molecule has 26 heavy (non-hydrogen) atoms. The predicted octanol–water partition coefficient (Wildman–Crippen LogP) is 4.83. The molecule has 0 aliphatic rings. The summed E-state index contributed by atoms with van der Waals surface area (Å²) in [5.74, 6) is 0.0103. The number of carbonyl (C=O) groups excluding carboxylic acids is 1. The number of hydrogen-bond donors (Lipinski definition) is 1. The highest BCUT2D eigenvalue weighted by atomic mass is 32.2. The van der Waals surface area contributed by atoms with Crippen molar-refractivity contribution in [3.8, 4) is 0 Å². The van der Waals surface area contributed by atoms with Gasteiger partial charge in [0.05, 0.1) is 16.5 Å². The van der Waals surface area contributed by atoms with Crippen LogP contribution in [0.1, 0.15) is 19.7 Å². The fourth-order valence-electron chi connectivity index (χ4n) is 2.63. The van der Waals surface area contributed by atoms with Crippen molar-refractivity contribution >= 4 is 34.3 Å². The smallest absolute Gasteiger partial charge is 0.238 e. The van der Waals surface area contributed by atoms with Gasteiger partial charge in [-0.2, -0.15) is 0 Å². The molecule has 1 unspecified atom stereocenters. The number of benzene rings is 2. The number of rotatable bonds is 5. The molecule has 2 aromatic carbocycles. The summed E-state index contributed by atoms with van der Waals surface area (Å²) in [5.41, 5.74) is 1.03. The summed E-state index contributed by atoms with van der Waals surface area (Å²) in [7, 11) is 0. The number of hydrogen-bond acceptors (Lipinski definition) is 4. The van der Waals surface area contributed by atoms with Gasteiger partial charge in [0.25, 0.3) is 0 Å². The summed E-state index contributed by atoms with van der Waals surface area (Å²) in [6, 6.07) is 13.9. The summed E-state index contributed by atoms with van der Waals surface area (Å²) in [6.45, 7) is 5.77. The van der Waals surface area contributed by atoms with Crippen LogP contribution in [0.25, 0.3) is 10.9 Å². The number of nitrogens with one attached hydrogen (secondary N) is 1. The number of thioether (sulfide) groups is 1. The number of fused-ring (bicyclic) bond motifs is 1. The first-order chi connectivity index (χ1) is 12.5. The highest BCUT2D eigenvalue weighted by Gasteiger charge is 2.26. The fraction of sp³-hybridized carbons (Fsp3) is 0.250. The highest BCUT2D eigenvalue weighted by Crippen LogP contribution is 2.32. The molecular formula is C20H20FN3OS. The number of nitrogens with zero attached hydrogens (tertiary/aromatic N) is 2. The van der Waals surface area contributed by atoms with Gasteiger partial charge < -0.3 is 5.32 Å². The molecule has 0 saturated heterocycles. The number of amides is 1. The van der Waals surface area contributed by atoms with Gasteiger partial charge in [-0.15, -0.1) is 0 Å². The van der Waals surface area contributed by atoms with E-state index >= 15 is 0 Å². The second kappa shape index (κ2) is 7.83. The molecule has 0 aliphatic heterocycles. The Balaban J connectivity index is 1.90. The van der Waals surface area contributed by atoms with Crippen molar-refractivity contribution < 1.29 is 9.18 Å². The Morgan fingerprint density at radius 3 is 2.50 bits per heavy atom. The van der Waals surface area contributed by atoms with Gasteiger partial charge in [-0.1, -0.05) is 55.9 Å². The lowest BCUT2D eigenvalue weighted by Crippen LogP contribution is -2.30. The zero-order valence-electron chi connectivity index (χ0n) is 14.9. The molecular weight excluding hydrogens is 349 g/mol. The summed E-state index contributed by atoms with van der Waals surface area (Å²) >= 11 is 1.39. The molecule has 1 aromatic heterocycles. The Morgan fingerprint density at radius 2 is 1.77 bits per heavy atom. The van der Waals surface area contributed by atoms with Crippen LogP contribution < -0.4 is 5.32 Å². The Bertz CT molecular complexity index is 945. The van der Waals surface area contributed by atoms with E-state index in [4.69, 9.17) is 0 Å². The summed E-state index contributed by atoms with van der Waals surface area (Å²) in [6.07, 6.45) is 0. The van der Waals surface area contributed by atoms with Gasteiger partial charge in [-0.3, -0.25) is 4.79 Å². The minimum absolute atomic E-state index is 0.0424. The molecule has 0 saturated carbocycles. The average molecular weight is 369 g/mol. The maximum atomic E-state index is 13.9. The van der Waals surface area contributed by atoms with Crippen molar-refractivity contribution in [3.63, 3.8) is 0 Å². The SMILES string of the molecule is Cc1nc(SC(C(=O)Nc2ccccc2F)C(C)C)c2ccccc2n1. The van der Waals surface area contributed by atoms with Crippen LogP contribution in [-0.2, 0) is 4.79 Å². The molecule has 1 amide bonds. The number of para-hydroxylation sites is 2. The van der Waals surface area contributed by atoms with Crippen LogP contribution >= 0.6 is 11.8 Å². The first-order valence-corrected chi connectivity index (χ1v) is 9.29. The zero-order chi connectivity index (χ0) is 18.7. The van der Waals surface area contributed by atoms with Crippen molar-refractivity contribution in [2.24, 2.45) is 5.92 Å². The normalized spacial score (nSPS) is 12.3. The molecule has 3 aromatic rings.